The summed E-state index contributed by atoms with van der Waals surface area (Å²) in [5.41, 5.74) is 2.32. The third-order valence-corrected chi connectivity index (χ3v) is 4.70. The van der Waals surface area contributed by atoms with Crippen LogP contribution >= 0.6 is 0 Å². The van der Waals surface area contributed by atoms with E-state index >= 15 is 0 Å². The standard InChI is InChI=1S/C16H20F3N/c17-16(18,19)15-6-2-5-14(20-15)13-9-7-12(8-10-13)11-3-1-4-11/h7-11,14-15,20H,1-6H2. The zero-order chi connectivity index (χ0) is 14.2. The summed E-state index contributed by atoms with van der Waals surface area (Å²) in [5, 5.41) is 2.76. The molecule has 2 atom stereocenters. The van der Waals surface area contributed by atoms with Gasteiger partial charge in [0.15, 0.2) is 0 Å². The van der Waals surface area contributed by atoms with Gasteiger partial charge in [0.2, 0.25) is 0 Å². The lowest BCUT2D eigenvalue weighted by atomic mass is 9.79. The fourth-order valence-corrected chi connectivity index (χ4v) is 3.20. The van der Waals surface area contributed by atoms with E-state index in [4.69, 9.17) is 0 Å². The quantitative estimate of drug-likeness (QED) is 0.829. The monoisotopic (exact) mass is 283 g/mol. The van der Waals surface area contributed by atoms with E-state index in [1.54, 1.807) is 0 Å². The second-order valence-electron chi connectivity index (χ2n) is 6.04. The second kappa shape index (κ2) is 5.40. The van der Waals surface area contributed by atoms with Crippen LogP contribution in [-0.2, 0) is 0 Å². The molecule has 1 saturated heterocycles. The highest BCUT2D eigenvalue weighted by atomic mass is 19.4. The molecule has 1 aliphatic carbocycles. The predicted octanol–water partition coefficient (Wildman–Crippen LogP) is 4.70. The van der Waals surface area contributed by atoms with Gasteiger partial charge in [0.1, 0.15) is 6.04 Å². The van der Waals surface area contributed by atoms with Crippen LogP contribution in [0.3, 0.4) is 0 Å². The fraction of sp³-hybridized carbons (Fsp3) is 0.625. The third kappa shape index (κ3) is 2.85. The summed E-state index contributed by atoms with van der Waals surface area (Å²) >= 11 is 0. The zero-order valence-corrected chi connectivity index (χ0v) is 11.4. The van der Waals surface area contributed by atoms with Gasteiger partial charge in [-0.1, -0.05) is 30.7 Å². The Labute approximate surface area is 117 Å². The van der Waals surface area contributed by atoms with Gasteiger partial charge in [0, 0.05) is 6.04 Å². The maximum absolute atomic E-state index is 12.8. The minimum absolute atomic E-state index is 0.161. The lowest BCUT2D eigenvalue weighted by Gasteiger charge is -2.33. The number of piperidine rings is 1. The summed E-state index contributed by atoms with van der Waals surface area (Å²) < 4.78 is 38.4. The number of hydrogen-bond acceptors (Lipinski definition) is 1. The number of benzene rings is 1. The first kappa shape index (κ1) is 13.9. The van der Waals surface area contributed by atoms with Gasteiger partial charge in [0.25, 0.3) is 0 Å². The van der Waals surface area contributed by atoms with Crippen LogP contribution in [0.15, 0.2) is 24.3 Å². The summed E-state index contributed by atoms with van der Waals surface area (Å²) in [6.45, 7) is 0. The molecular weight excluding hydrogens is 263 g/mol. The summed E-state index contributed by atoms with van der Waals surface area (Å²) in [7, 11) is 0. The molecule has 2 fully saturated rings. The van der Waals surface area contributed by atoms with Gasteiger partial charge in [-0.3, -0.25) is 5.32 Å². The fourth-order valence-electron chi connectivity index (χ4n) is 3.20. The maximum atomic E-state index is 12.8. The molecule has 1 saturated carbocycles. The summed E-state index contributed by atoms with van der Waals surface area (Å²) in [6.07, 6.45) is 1.27. The van der Waals surface area contributed by atoms with Crippen molar-refractivity contribution in [3.8, 4) is 0 Å². The van der Waals surface area contributed by atoms with Gasteiger partial charge in [-0.25, -0.2) is 0 Å². The molecule has 1 heterocycles. The molecular formula is C16H20F3N. The Morgan fingerprint density at radius 2 is 1.45 bits per heavy atom. The Balaban J connectivity index is 1.68. The zero-order valence-electron chi connectivity index (χ0n) is 11.4. The summed E-state index contributed by atoms with van der Waals surface area (Å²) in [6, 6.07) is 6.68. The van der Waals surface area contributed by atoms with Crippen molar-refractivity contribution in [2.75, 3.05) is 0 Å². The highest BCUT2D eigenvalue weighted by Crippen LogP contribution is 2.37. The van der Waals surface area contributed by atoms with Crippen molar-refractivity contribution in [3.63, 3.8) is 0 Å². The maximum Gasteiger partial charge on any atom is 0.403 e. The average molecular weight is 283 g/mol. The van der Waals surface area contributed by atoms with E-state index in [2.05, 4.69) is 17.4 Å². The molecule has 3 rings (SSSR count). The minimum Gasteiger partial charge on any atom is -0.299 e. The molecule has 1 N–H and O–H groups in total. The normalized spacial score (nSPS) is 28.1. The molecule has 0 spiro atoms. The molecule has 1 aromatic carbocycles. The van der Waals surface area contributed by atoms with Gasteiger partial charge >= 0.3 is 6.18 Å². The van der Waals surface area contributed by atoms with Gasteiger partial charge in [-0.05, 0) is 49.1 Å². The van der Waals surface area contributed by atoms with Crippen LogP contribution in [0.1, 0.15) is 61.6 Å². The van der Waals surface area contributed by atoms with Crippen molar-refractivity contribution in [1.82, 2.24) is 5.32 Å². The number of halogens is 3. The number of nitrogens with one attached hydrogen (secondary N) is 1. The highest BCUT2D eigenvalue weighted by molar-refractivity contribution is 5.28. The van der Waals surface area contributed by atoms with E-state index in [9.17, 15) is 13.2 Å². The van der Waals surface area contributed by atoms with Crippen molar-refractivity contribution in [2.45, 2.75) is 62.7 Å². The van der Waals surface area contributed by atoms with Crippen molar-refractivity contribution < 1.29 is 13.2 Å². The van der Waals surface area contributed by atoms with E-state index in [0.29, 0.717) is 12.3 Å². The molecule has 0 amide bonds. The lowest BCUT2D eigenvalue weighted by molar-refractivity contribution is -0.163. The largest absolute Gasteiger partial charge is 0.403 e. The summed E-state index contributed by atoms with van der Waals surface area (Å²) in [5.74, 6) is 0.672. The van der Waals surface area contributed by atoms with Crippen LogP contribution in [0.25, 0.3) is 0 Å². The molecule has 4 heteroatoms. The van der Waals surface area contributed by atoms with Crippen LogP contribution in [0.2, 0.25) is 0 Å². The van der Waals surface area contributed by atoms with Crippen LogP contribution in [0.5, 0.6) is 0 Å². The Morgan fingerprint density at radius 1 is 0.850 bits per heavy atom. The second-order valence-corrected chi connectivity index (χ2v) is 6.04. The molecule has 1 aromatic rings. The highest BCUT2D eigenvalue weighted by Gasteiger charge is 2.42. The van der Waals surface area contributed by atoms with Crippen molar-refractivity contribution >= 4 is 0 Å². The number of alkyl halides is 3. The average Bonchev–Trinajstić information content (AvgIpc) is 2.37. The van der Waals surface area contributed by atoms with E-state index in [0.717, 1.165) is 12.0 Å². The molecule has 0 radical (unpaired) electrons. The lowest BCUT2D eigenvalue weighted by Crippen LogP contribution is -2.46. The minimum atomic E-state index is -4.13. The van der Waals surface area contributed by atoms with Crippen LogP contribution < -0.4 is 5.32 Å². The topological polar surface area (TPSA) is 12.0 Å². The Bertz CT molecular complexity index is 448. The first-order chi connectivity index (χ1) is 9.54. The molecule has 0 bridgehead atoms. The molecule has 1 nitrogen and oxygen atoms in total. The number of hydrogen-bond donors (Lipinski definition) is 1. The van der Waals surface area contributed by atoms with Gasteiger partial charge < -0.3 is 0 Å². The van der Waals surface area contributed by atoms with E-state index < -0.39 is 12.2 Å². The predicted molar refractivity (Wildman–Crippen MR) is 72.6 cm³/mol. The van der Waals surface area contributed by atoms with E-state index in [-0.39, 0.29) is 12.5 Å². The van der Waals surface area contributed by atoms with E-state index in [1.807, 2.05) is 12.1 Å². The van der Waals surface area contributed by atoms with Crippen molar-refractivity contribution in [3.05, 3.63) is 35.4 Å². The molecule has 20 heavy (non-hydrogen) atoms. The number of rotatable bonds is 2. The molecule has 0 aromatic heterocycles. The molecule has 2 aliphatic rings. The first-order valence-electron chi connectivity index (χ1n) is 7.46. The Kier molecular flexibility index (Phi) is 3.76. The SMILES string of the molecule is FC(F)(F)C1CCCC(c2ccc(C3CCC3)cc2)N1. The Hall–Kier alpha value is -1.03. The van der Waals surface area contributed by atoms with Gasteiger partial charge in [-0.15, -0.1) is 0 Å². The Morgan fingerprint density at radius 3 is 2.00 bits per heavy atom. The van der Waals surface area contributed by atoms with Crippen LogP contribution in [-0.4, -0.2) is 12.2 Å². The van der Waals surface area contributed by atoms with Gasteiger partial charge in [0.05, 0.1) is 0 Å². The molecule has 1 aliphatic heterocycles. The van der Waals surface area contributed by atoms with Crippen LogP contribution in [0.4, 0.5) is 13.2 Å². The smallest absolute Gasteiger partial charge is 0.299 e. The molecule has 2 unspecified atom stereocenters. The van der Waals surface area contributed by atoms with Crippen molar-refractivity contribution in [2.24, 2.45) is 0 Å². The first-order valence-corrected chi connectivity index (χ1v) is 7.46. The molecule has 110 valence electrons. The third-order valence-electron chi connectivity index (χ3n) is 4.70. The van der Waals surface area contributed by atoms with Crippen LogP contribution in [0, 0.1) is 0 Å². The summed E-state index contributed by atoms with van der Waals surface area (Å²) in [4.78, 5) is 0. The van der Waals surface area contributed by atoms with Crippen molar-refractivity contribution in [1.29, 1.82) is 0 Å². The van der Waals surface area contributed by atoms with Gasteiger partial charge in [-0.2, -0.15) is 13.2 Å². The van der Waals surface area contributed by atoms with E-state index in [1.165, 1.54) is 24.8 Å².